The number of aromatic amines is 1. The highest BCUT2D eigenvalue weighted by molar-refractivity contribution is 9.10. The number of hydrogen-bond donors (Lipinski definition) is 1. The fourth-order valence-corrected chi connectivity index (χ4v) is 1.87. The zero-order chi connectivity index (χ0) is 11.0. The molecule has 0 radical (unpaired) electrons. The smallest absolute Gasteiger partial charge is 0.282 e. The van der Waals surface area contributed by atoms with E-state index in [1.807, 2.05) is 0 Å². The molecule has 1 heterocycles. The third-order valence-corrected chi connectivity index (χ3v) is 2.75. The van der Waals surface area contributed by atoms with Gasteiger partial charge in [-0.25, -0.2) is 0 Å². The summed E-state index contributed by atoms with van der Waals surface area (Å²) in [7, 11) is 0. The largest absolute Gasteiger partial charge is 0.328 e. The van der Waals surface area contributed by atoms with Crippen LogP contribution in [0.1, 0.15) is 0 Å². The Balaban J connectivity index is 3.03. The van der Waals surface area contributed by atoms with E-state index in [1.165, 1.54) is 12.3 Å². The number of fused-ring (bicyclic) bond motifs is 1. The maximum atomic E-state index is 11.5. The van der Waals surface area contributed by atoms with Crippen molar-refractivity contribution < 1.29 is 4.92 Å². The Kier molecular flexibility index (Phi) is 2.28. The first kappa shape index (κ1) is 9.85. The molecule has 0 aliphatic rings. The molecule has 0 unspecified atom stereocenters. The summed E-state index contributed by atoms with van der Waals surface area (Å²) < 4.78 is 0.661. The minimum atomic E-state index is -0.565. The van der Waals surface area contributed by atoms with E-state index >= 15 is 0 Å². The van der Waals surface area contributed by atoms with Crippen molar-refractivity contribution >= 4 is 32.4 Å². The maximum absolute atomic E-state index is 11.5. The van der Waals surface area contributed by atoms with Crippen LogP contribution in [0, 0.1) is 10.1 Å². The topological polar surface area (TPSA) is 76.0 Å². The number of rotatable bonds is 1. The standard InChI is InChI=1S/C9H5BrN2O3/c10-6-1-2-7(12(14)15)8-5(6)3-4-11-9(8)13/h1-4H,(H,11,13). The summed E-state index contributed by atoms with van der Waals surface area (Å²) in [6, 6.07) is 4.48. The monoisotopic (exact) mass is 268 g/mol. The molecule has 0 aliphatic heterocycles. The van der Waals surface area contributed by atoms with Crippen molar-refractivity contribution in [1.82, 2.24) is 4.98 Å². The lowest BCUT2D eigenvalue weighted by atomic mass is 10.1. The number of benzene rings is 1. The lowest BCUT2D eigenvalue weighted by molar-refractivity contribution is -0.383. The Morgan fingerprint density at radius 3 is 2.73 bits per heavy atom. The first-order valence-corrected chi connectivity index (χ1v) is 4.85. The maximum Gasteiger partial charge on any atom is 0.282 e. The number of halogens is 1. The van der Waals surface area contributed by atoms with E-state index in [2.05, 4.69) is 20.9 Å². The van der Waals surface area contributed by atoms with Gasteiger partial charge >= 0.3 is 0 Å². The van der Waals surface area contributed by atoms with Crippen LogP contribution in [-0.2, 0) is 0 Å². The molecule has 0 fully saturated rings. The third-order valence-electron chi connectivity index (χ3n) is 2.06. The van der Waals surface area contributed by atoms with E-state index in [4.69, 9.17) is 0 Å². The molecule has 1 aromatic heterocycles. The van der Waals surface area contributed by atoms with Crippen molar-refractivity contribution in [2.45, 2.75) is 0 Å². The van der Waals surface area contributed by atoms with E-state index in [0.717, 1.165) is 0 Å². The molecule has 2 rings (SSSR count). The molecule has 0 saturated carbocycles. The fraction of sp³-hybridized carbons (Fsp3) is 0. The van der Waals surface area contributed by atoms with Gasteiger partial charge in [0.05, 0.1) is 4.92 Å². The molecule has 1 aromatic carbocycles. The van der Waals surface area contributed by atoms with Crippen molar-refractivity contribution in [3.8, 4) is 0 Å². The summed E-state index contributed by atoms with van der Waals surface area (Å²) >= 11 is 3.24. The second-order valence-electron chi connectivity index (χ2n) is 2.92. The van der Waals surface area contributed by atoms with Crippen molar-refractivity contribution in [1.29, 1.82) is 0 Å². The Bertz CT molecular complexity index is 606. The Morgan fingerprint density at radius 2 is 2.07 bits per heavy atom. The van der Waals surface area contributed by atoms with Gasteiger partial charge < -0.3 is 4.98 Å². The Morgan fingerprint density at radius 1 is 1.33 bits per heavy atom. The van der Waals surface area contributed by atoms with Crippen LogP contribution in [0.3, 0.4) is 0 Å². The van der Waals surface area contributed by atoms with Crippen LogP contribution in [0.15, 0.2) is 33.7 Å². The second kappa shape index (κ2) is 3.47. The Hall–Kier alpha value is -1.69. The molecular formula is C9H5BrN2O3. The van der Waals surface area contributed by atoms with Crippen LogP contribution in [0.4, 0.5) is 5.69 Å². The average Bonchev–Trinajstić information content (AvgIpc) is 2.19. The zero-order valence-corrected chi connectivity index (χ0v) is 8.95. The predicted molar refractivity (Wildman–Crippen MR) is 58.9 cm³/mol. The molecule has 1 N–H and O–H groups in total. The number of non-ortho nitro benzene ring substituents is 1. The summed E-state index contributed by atoms with van der Waals surface area (Å²) in [5.74, 6) is 0. The molecule has 0 bridgehead atoms. The number of hydrogen-bond acceptors (Lipinski definition) is 3. The van der Waals surface area contributed by atoms with Crippen molar-refractivity contribution in [3.05, 3.63) is 49.3 Å². The van der Waals surface area contributed by atoms with Crippen molar-refractivity contribution in [3.63, 3.8) is 0 Å². The normalized spacial score (nSPS) is 10.5. The van der Waals surface area contributed by atoms with Crippen LogP contribution in [0.25, 0.3) is 10.8 Å². The number of pyridine rings is 1. The first-order valence-electron chi connectivity index (χ1n) is 4.05. The molecule has 76 valence electrons. The number of nitrogens with one attached hydrogen (secondary N) is 1. The summed E-state index contributed by atoms with van der Waals surface area (Å²) in [4.78, 5) is 24.0. The van der Waals surface area contributed by atoms with Gasteiger partial charge in [-0.15, -0.1) is 0 Å². The van der Waals surface area contributed by atoms with Gasteiger partial charge in [0.2, 0.25) is 0 Å². The first-order chi connectivity index (χ1) is 7.11. The lowest BCUT2D eigenvalue weighted by Gasteiger charge is -2.00. The van der Waals surface area contributed by atoms with Gasteiger partial charge in [-0.2, -0.15) is 0 Å². The number of H-pyrrole nitrogens is 1. The highest BCUT2D eigenvalue weighted by atomic mass is 79.9. The summed E-state index contributed by atoms with van der Waals surface area (Å²) in [5, 5.41) is 11.3. The quantitative estimate of drug-likeness (QED) is 0.636. The number of nitro groups is 1. The summed E-state index contributed by atoms with van der Waals surface area (Å²) in [6.45, 7) is 0. The van der Waals surface area contributed by atoms with E-state index < -0.39 is 10.5 Å². The van der Waals surface area contributed by atoms with Crippen molar-refractivity contribution in [2.24, 2.45) is 0 Å². The van der Waals surface area contributed by atoms with Gasteiger partial charge in [0.15, 0.2) is 0 Å². The van der Waals surface area contributed by atoms with E-state index in [0.29, 0.717) is 9.86 Å². The van der Waals surface area contributed by atoms with Gasteiger partial charge in [0.25, 0.3) is 11.2 Å². The average molecular weight is 269 g/mol. The van der Waals surface area contributed by atoms with E-state index in [-0.39, 0.29) is 11.1 Å². The number of aromatic nitrogens is 1. The van der Waals surface area contributed by atoms with Gasteiger partial charge in [-0.05, 0) is 12.1 Å². The minimum Gasteiger partial charge on any atom is -0.328 e. The second-order valence-corrected chi connectivity index (χ2v) is 3.77. The lowest BCUT2D eigenvalue weighted by Crippen LogP contribution is -2.07. The molecule has 0 aliphatic carbocycles. The van der Waals surface area contributed by atoms with Gasteiger partial charge in [-0.1, -0.05) is 15.9 Å². The molecule has 15 heavy (non-hydrogen) atoms. The fourth-order valence-electron chi connectivity index (χ4n) is 1.41. The van der Waals surface area contributed by atoms with Crippen LogP contribution >= 0.6 is 15.9 Å². The number of nitro benzene ring substituents is 1. The highest BCUT2D eigenvalue weighted by Crippen LogP contribution is 2.28. The van der Waals surface area contributed by atoms with Crippen molar-refractivity contribution in [2.75, 3.05) is 0 Å². The van der Waals surface area contributed by atoms with Gasteiger partial charge in [-0.3, -0.25) is 14.9 Å². The summed E-state index contributed by atoms with van der Waals surface area (Å²) in [5.41, 5.74) is -0.643. The van der Waals surface area contributed by atoms with Crippen LogP contribution < -0.4 is 5.56 Å². The molecule has 0 atom stereocenters. The van der Waals surface area contributed by atoms with E-state index in [1.54, 1.807) is 12.1 Å². The number of nitrogens with zero attached hydrogens (tertiary/aromatic N) is 1. The van der Waals surface area contributed by atoms with Gasteiger partial charge in [0.1, 0.15) is 5.39 Å². The molecule has 0 spiro atoms. The summed E-state index contributed by atoms with van der Waals surface area (Å²) in [6.07, 6.45) is 1.46. The molecule has 6 heteroatoms. The van der Waals surface area contributed by atoms with Gasteiger partial charge in [0, 0.05) is 22.1 Å². The zero-order valence-electron chi connectivity index (χ0n) is 7.36. The van der Waals surface area contributed by atoms with Crippen LogP contribution in [0.2, 0.25) is 0 Å². The molecule has 0 amide bonds. The Labute approximate surface area is 92.0 Å². The SMILES string of the molecule is O=c1[nH]ccc2c(Br)ccc([N+](=O)[O-])c12. The third kappa shape index (κ3) is 1.52. The van der Waals surface area contributed by atoms with Crippen LogP contribution in [-0.4, -0.2) is 9.91 Å². The van der Waals surface area contributed by atoms with E-state index in [9.17, 15) is 14.9 Å². The highest BCUT2D eigenvalue weighted by Gasteiger charge is 2.16. The molecule has 5 nitrogen and oxygen atoms in total. The predicted octanol–water partition coefficient (Wildman–Crippen LogP) is 2.20. The minimum absolute atomic E-state index is 0.0943. The molecule has 0 saturated heterocycles. The van der Waals surface area contributed by atoms with Crippen LogP contribution in [0.5, 0.6) is 0 Å². The molecular weight excluding hydrogens is 264 g/mol. The molecule has 2 aromatic rings.